The quantitative estimate of drug-likeness (QED) is 0.135. The molecule has 1 aliphatic heterocycles. The monoisotopic (exact) mass is 685 g/mol. The SMILES string of the molecule is CCOC(=O)c1c(NC(=O)C(Sc2cccc(NC(=O)c3ccc(C)cc3)c2)c2ccccc2)sc2c1CCN(C(=O)OC(C)(C)C)C2. The lowest BCUT2D eigenvalue weighted by Crippen LogP contribution is -2.39. The van der Waals surface area contributed by atoms with Crippen LogP contribution in [0.15, 0.2) is 83.8 Å². The third kappa shape index (κ3) is 8.64. The van der Waals surface area contributed by atoms with Crippen LogP contribution in [0.3, 0.4) is 0 Å². The van der Waals surface area contributed by atoms with E-state index in [0.717, 1.165) is 26.5 Å². The van der Waals surface area contributed by atoms with Crippen molar-refractivity contribution in [3.05, 3.63) is 112 Å². The molecule has 11 heteroatoms. The van der Waals surface area contributed by atoms with Gasteiger partial charge >= 0.3 is 12.1 Å². The Bertz CT molecular complexity index is 1800. The molecule has 5 rings (SSSR count). The molecule has 1 unspecified atom stereocenters. The van der Waals surface area contributed by atoms with Crippen LogP contribution in [0.2, 0.25) is 0 Å². The molecule has 0 spiro atoms. The van der Waals surface area contributed by atoms with Gasteiger partial charge in [0.25, 0.3) is 5.91 Å². The van der Waals surface area contributed by atoms with Crippen LogP contribution >= 0.6 is 23.1 Å². The van der Waals surface area contributed by atoms with E-state index >= 15 is 0 Å². The Labute approximate surface area is 289 Å². The fourth-order valence-electron chi connectivity index (χ4n) is 5.16. The number of amides is 3. The summed E-state index contributed by atoms with van der Waals surface area (Å²) in [4.78, 5) is 56.3. The average molecular weight is 686 g/mol. The third-order valence-electron chi connectivity index (χ3n) is 7.42. The Kier molecular flexibility index (Phi) is 10.9. The summed E-state index contributed by atoms with van der Waals surface area (Å²) in [5.74, 6) is -1.07. The number of anilines is 2. The van der Waals surface area contributed by atoms with Gasteiger partial charge in [-0.05, 0) is 82.5 Å². The summed E-state index contributed by atoms with van der Waals surface area (Å²) >= 11 is 2.60. The Balaban J connectivity index is 1.40. The van der Waals surface area contributed by atoms with Gasteiger partial charge in [-0.25, -0.2) is 9.59 Å². The lowest BCUT2D eigenvalue weighted by atomic mass is 10.0. The van der Waals surface area contributed by atoms with Crippen molar-refractivity contribution in [3.63, 3.8) is 0 Å². The number of nitrogens with one attached hydrogen (secondary N) is 2. The molecule has 3 amide bonds. The van der Waals surface area contributed by atoms with Crippen molar-refractivity contribution in [2.75, 3.05) is 23.8 Å². The summed E-state index contributed by atoms with van der Waals surface area (Å²) < 4.78 is 11.0. The Morgan fingerprint density at radius 1 is 0.958 bits per heavy atom. The first kappa shape index (κ1) is 34.7. The van der Waals surface area contributed by atoms with Gasteiger partial charge in [0.05, 0.1) is 18.7 Å². The zero-order valence-corrected chi connectivity index (χ0v) is 29.3. The number of benzene rings is 3. The maximum atomic E-state index is 14.1. The van der Waals surface area contributed by atoms with Gasteiger partial charge in [0.1, 0.15) is 15.9 Å². The van der Waals surface area contributed by atoms with Crippen LogP contribution in [0.1, 0.15) is 75.2 Å². The van der Waals surface area contributed by atoms with Gasteiger partial charge in [-0.15, -0.1) is 23.1 Å². The molecule has 9 nitrogen and oxygen atoms in total. The van der Waals surface area contributed by atoms with Gasteiger partial charge in [-0.3, -0.25) is 9.59 Å². The smallest absolute Gasteiger partial charge is 0.410 e. The van der Waals surface area contributed by atoms with Crippen molar-refractivity contribution in [1.29, 1.82) is 0 Å². The second kappa shape index (κ2) is 15.1. The van der Waals surface area contributed by atoms with E-state index in [4.69, 9.17) is 9.47 Å². The van der Waals surface area contributed by atoms with E-state index < -0.39 is 22.9 Å². The first-order valence-corrected chi connectivity index (χ1v) is 17.4. The summed E-state index contributed by atoms with van der Waals surface area (Å²) in [7, 11) is 0. The highest BCUT2D eigenvalue weighted by Crippen LogP contribution is 2.41. The predicted octanol–water partition coefficient (Wildman–Crippen LogP) is 8.25. The van der Waals surface area contributed by atoms with Crippen molar-refractivity contribution in [3.8, 4) is 0 Å². The average Bonchev–Trinajstić information content (AvgIpc) is 3.41. The fourth-order valence-corrected chi connectivity index (χ4v) is 7.50. The summed E-state index contributed by atoms with van der Waals surface area (Å²) in [6, 6.07) is 24.1. The number of nitrogens with zero attached hydrogens (tertiary/aromatic N) is 1. The lowest BCUT2D eigenvalue weighted by Gasteiger charge is -2.30. The molecule has 48 heavy (non-hydrogen) atoms. The minimum absolute atomic E-state index is 0.181. The minimum Gasteiger partial charge on any atom is -0.462 e. The van der Waals surface area contributed by atoms with E-state index in [1.54, 1.807) is 30.0 Å². The van der Waals surface area contributed by atoms with Crippen molar-refractivity contribution >= 4 is 57.7 Å². The van der Waals surface area contributed by atoms with Crippen molar-refractivity contribution in [2.45, 2.75) is 63.3 Å². The number of esters is 1. The summed E-state index contributed by atoms with van der Waals surface area (Å²) in [6.07, 6.45) is -0.00443. The molecular weight excluding hydrogens is 647 g/mol. The number of carbonyl (C=O) groups excluding carboxylic acids is 4. The van der Waals surface area contributed by atoms with Gasteiger partial charge in [0, 0.05) is 27.6 Å². The zero-order valence-electron chi connectivity index (χ0n) is 27.6. The van der Waals surface area contributed by atoms with E-state index in [9.17, 15) is 19.2 Å². The number of hydrogen-bond donors (Lipinski definition) is 2. The van der Waals surface area contributed by atoms with E-state index in [1.165, 1.54) is 23.1 Å². The molecule has 0 bridgehead atoms. The highest BCUT2D eigenvalue weighted by Gasteiger charge is 2.34. The second-order valence-electron chi connectivity index (χ2n) is 12.3. The number of hydrogen-bond acceptors (Lipinski definition) is 8. The molecule has 2 N–H and O–H groups in total. The predicted molar refractivity (Wildman–Crippen MR) is 190 cm³/mol. The van der Waals surface area contributed by atoms with E-state index in [2.05, 4.69) is 10.6 Å². The van der Waals surface area contributed by atoms with Gasteiger partial charge in [-0.2, -0.15) is 0 Å². The third-order valence-corrected chi connectivity index (χ3v) is 9.81. The maximum Gasteiger partial charge on any atom is 0.410 e. The van der Waals surface area contributed by atoms with Gasteiger partial charge in [0.15, 0.2) is 0 Å². The number of thioether (sulfide) groups is 1. The van der Waals surface area contributed by atoms with Gasteiger partial charge < -0.3 is 25.0 Å². The van der Waals surface area contributed by atoms with Crippen LogP contribution in [0, 0.1) is 6.92 Å². The highest BCUT2D eigenvalue weighted by molar-refractivity contribution is 8.00. The largest absolute Gasteiger partial charge is 0.462 e. The number of aryl methyl sites for hydroxylation is 1. The number of carbonyl (C=O) groups is 4. The molecule has 1 aliphatic rings. The van der Waals surface area contributed by atoms with E-state index in [0.29, 0.717) is 34.8 Å². The minimum atomic E-state index is -0.693. The standard InChI is InChI=1S/C37H39N3O6S2/c1-6-45-35(43)30-28-19-20-40(36(44)46-37(3,4)5)22-29(28)48-34(30)39-33(42)31(24-11-8-7-9-12-24)47-27-14-10-13-26(21-27)38-32(41)25-17-15-23(2)16-18-25/h7-18,21,31H,6,19-20,22H2,1-5H3,(H,38,41)(H,39,42). The Morgan fingerprint density at radius 3 is 2.38 bits per heavy atom. The van der Waals surface area contributed by atoms with E-state index in [-0.39, 0.29) is 25.0 Å². The number of thiophene rings is 1. The Hall–Kier alpha value is -4.61. The maximum absolute atomic E-state index is 14.1. The molecular formula is C37H39N3O6S2. The molecule has 0 saturated carbocycles. The molecule has 2 heterocycles. The molecule has 0 fully saturated rings. The molecule has 3 aromatic carbocycles. The molecule has 0 saturated heterocycles. The Morgan fingerprint density at radius 2 is 1.69 bits per heavy atom. The first-order chi connectivity index (χ1) is 22.9. The number of fused-ring (bicyclic) bond motifs is 1. The molecule has 0 aliphatic carbocycles. The van der Waals surface area contributed by atoms with Crippen LogP contribution in [0.4, 0.5) is 15.5 Å². The lowest BCUT2D eigenvalue weighted by molar-refractivity contribution is -0.115. The molecule has 1 aromatic heterocycles. The van der Waals surface area contributed by atoms with E-state index in [1.807, 2.05) is 88.4 Å². The fraction of sp³-hybridized carbons (Fsp3) is 0.297. The molecule has 0 radical (unpaired) electrons. The molecule has 1 atom stereocenters. The molecule has 250 valence electrons. The topological polar surface area (TPSA) is 114 Å². The first-order valence-electron chi connectivity index (χ1n) is 15.7. The van der Waals surface area contributed by atoms with Crippen molar-refractivity contribution in [2.24, 2.45) is 0 Å². The van der Waals surface area contributed by atoms with Crippen LogP contribution in [-0.4, -0.2) is 47.5 Å². The van der Waals surface area contributed by atoms with Crippen molar-refractivity contribution in [1.82, 2.24) is 4.90 Å². The second-order valence-corrected chi connectivity index (χ2v) is 14.6. The van der Waals surface area contributed by atoms with Crippen molar-refractivity contribution < 1.29 is 28.7 Å². The van der Waals surface area contributed by atoms with Gasteiger partial charge in [0.2, 0.25) is 5.91 Å². The zero-order chi connectivity index (χ0) is 34.4. The van der Waals surface area contributed by atoms with Crippen LogP contribution in [0.5, 0.6) is 0 Å². The normalized spacial score (nSPS) is 13.2. The van der Waals surface area contributed by atoms with Gasteiger partial charge in [-0.1, -0.05) is 54.1 Å². The summed E-state index contributed by atoms with van der Waals surface area (Å²) in [5, 5.41) is 5.67. The van der Waals surface area contributed by atoms with Crippen LogP contribution in [-0.2, 0) is 27.2 Å². The number of rotatable bonds is 9. The highest BCUT2D eigenvalue weighted by atomic mass is 32.2. The molecule has 4 aromatic rings. The van der Waals surface area contributed by atoms with Crippen LogP contribution < -0.4 is 10.6 Å². The summed E-state index contributed by atoms with van der Waals surface area (Å²) in [5.41, 5.74) is 3.44. The summed E-state index contributed by atoms with van der Waals surface area (Å²) in [6.45, 7) is 9.96. The van der Waals surface area contributed by atoms with Crippen LogP contribution in [0.25, 0.3) is 0 Å². The number of ether oxygens (including phenoxy) is 2.